The third-order valence-corrected chi connectivity index (χ3v) is 8.95. The lowest BCUT2D eigenvalue weighted by molar-refractivity contribution is -0.158. The van der Waals surface area contributed by atoms with Gasteiger partial charge in [-0.05, 0) is 68.9 Å². The van der Waals surface area contributed by atoms with Gasteiger partial charge in [-0.3, -0.25) is 14.5 Å². The van der Waals surface area contributed by atoms with Crippen LogP contribution >= 0.6 is 0 Å². The largest absolute Gasteiger partial charge is 0.481 e. The quantitative estimate of drug-likeness (QED) is 0.434. The fraction of sp³-hybridized carbons (Fsp3) is 0.481. The van der Waals surface area contributed by atoms with Crippen molar-refractivity contribution in [1.82, 2.24) is 24.3 Å². The first kappa shape index (κ1) is 27.9. The molecule has 1 aromatic carbocycles. The van der Waals surface area contributed by atoms with Crippen molar-refractivity contribution in [2.75, 3.05) is 6.54 Å². The molecule has 0 spiro atoms. The molecule has 204 valence electrons. The predicted molar refractivity (Wildman–Crippen MR) is 141 cm³/mol. The van der Waals surface area contributed by atoms with Gasteiger partial charge in [0, 0.05) is 25.8 Å². The smallest absolute Gasteiger partial charge is 0.312 e. The van der Waals surface area contributed by atoms with Crippen molar-refractivity contribution in [3.63, 3.8) is 0 Å². The van der Waals surface area contributed by atoms with Crippen LogP contribution in [0.3, 0.4) is 0 Å². The van der Waals surface area contributed by atoms with Gasteiger partial charge < -0.3 is 9.84 Å². The third kappa shape index (κ3) is 5.64. The van der Waals surface area contributed by atoms with E-state index in [0.29, 0.717) is 36.5 Å². The number of aryl methyl sites for hydroxylation is 2. The number of ether oxygens (including phenoxy) is 1. The Balaban J connectivity index is 1.67. The van der Waals surface area contributed by atoms with Gasteiger partial charge in [0.25, 0.3) is 0 Å². The fourth-order valence-corrected chi connectivity index (χ4v) is 6.44. The number of pyridine rings is 1. The maximum Gasteiger partial charge on any atom is 0.312 e. The van der Waals surface area contributed by atoms with E-state index in [1.165, 1.54) is 4.31 Å². The van der Waals surface area contributed by atoms with Crippen LogP contribution < -0.4 is 0 Å². The number of hydrogen-bond acceptors (Lipinski definition) is 7. The zero-order chi connectivity index (χ0) is 27.7. The molecule has 0 saturated heterocycles. The first-order valence-electron chi connectivity index (χ1n) is 12.7. The average molecular weight is 542 g/mol. The number of benzene rings is 1. The van der Waals surface area contributed by atoms with E-state index in [4.69, 9.17) is 4.74 Å². The van der Waals surface area contributed by atoms with Crippen LogP contribution in [0.15, 0.2) is 47.6 Å². The zero-order valence-electron chi connectivity index (χ0n) is 22.5. The van der Waals surface area contributed by atoms with E-state index in [0.717, 1.165) is 11.1 Å². The number of aliphatic carboxylic acids is 1. The summed E-state index contributed by atoms with van der Waals surface area (Å²) in [6, 6.07) is 8.85. The fourth-order valence-electron chi connectivity index (χ4n) is 4.72. The summed E-state index contributed by atoms with van der Waals surface area (Å²) in [4.78, 5) is 16.8. The molecule has 3 heterocycles. The van der Waals surface area contributed by atoms with Crippen LogP contribution in [0.1, 0.15) is 61.9 Å². The van der Waals surface area contributed by atoms with E-state index in [9.17, 15) is 18.3 Å². The van der Waals surface area contributed by atoms with E-state index in [1.807, 2.05) is 39.0 Å². The standard InChI is InChI=1S/C27H35N5O5S/c1-6-31-16-22(29-30-31)17-37-25(27(4,5)26(33)34)20-10-9-19(3)21(13-20)15-32-14-18(2)12-23-24(38(32,35)36)8-7-11-28-23/h7-11,13,16,18,25H,6,12,14-15,17H2,1-5H3,(H,33,34)/t18-,25-/m0/s1. The number of aromatic nitrogens is 4. The number of rotatable bonds is 9. The Bertz CT molecular complexity index is 1420. The van der Waals surface area contributed by atoms with E-state index in [1.54, 1.807) is 43.1 Å². The summed E-state index contributed by atoms with van der Waals surface area (Å²) in [7, 11) is -3.76. The molecule has 0 fully saturated rings. The lowest BCUT2D eigenvalue weighted by Gasteiger charge is -2.31. The van der Waals surface area contributed by atoms with E-state index in [2.05, 4.69) is 15.3 Å². The lowest BCUT2D eigenvalue weighted by Crippen LogP contribution is -2.34. The molecule has 3 aromatic rings. The van der Waals surface area contributed by atoms with Crippen molar-refractivity contribution >= 4 is 16.0 Å². The predicted octanol–water partition coefficient (Wildman–Crippen LogP) is 3.75. The van der Waals surface area contributed by atoms with Crippen LogP contribution in [0.2, 0.25) is 0 Å². The van der Waals surface area contributed by atoms with Crippen LogP contribution in [0.4, 0.5) is 0 Å². The van der Waals surface area contributed by atoms with Gasteiger partial charge in [0.15, 0.2) is 0 Å². The van der Waals surface area contributed by atoms with Gasteiger partial charge in [0.05, 0.1) is 30.0 Å². The summed E-state index contributed by atoms with van der Waals surface area (Å²) >= 11 is 0. The molecule has 11 heteroatoms. The van der Waals surface area contributed by atoms with Crippen LogP contribution in [0.5, 0.6) is 0 Å². The van der Waals surface area contributed by atoms with E-state index >= 15 is 0 Å². The molecule has 2 atom stereocenters. The Morgan fingerprint density at radius 1 is 1.29 bits per heavy atom. The summed E-state index contributed by atoms with van der Waals surface area (Å²) in [6.07, 6.45) is 3.16. The molecule has 4 rings (SSSR count). The molecule has 1 N–H and O–H groups in total. The molecule has 38 heavy (non-hydrogen) atoms. The summed E-state index contributed by atoms with van der Waals surface area (Å²) in [5.74, 6) is -0.919. The number of sulfonamides is 1. The number of nitrogens with zero attached hydrogens (tertiary/aromatic N) is 5. The summed E-state index contributed by atoms with van der Waals surface area (Å²) in [6.45, 7) is 10.4. The number of hydrogen-bond donors (Lipinski definition) is 1. The van der Waals surface area contributed by atoms with Gasteiger partial charge in [0.1, 0.15) is 10.6 Å². The Hall–Kier alpha value is -3.15. The van der Waals surface area contributed by atoms with E-state index in [-0.39, 0.29) is 24.0 Å². The normalized spacial score (nSPS) is 18.5. The number of carbonyl (C=O) groups is 1. The molecule has 0 bridgehead atoms. The minimum atomic E-state index is -3.76. The Morgan fingerprint density at radius 3 is 2.74 bits per heavy atom. The average Bonchev–Trinajstić information content (AvgIpc) is 3.30. The van der Waals surface area contributed by atoms with Crippen molar-refractivity contribution in [3.05, 3.63) is 70.8 Å². The zero-order valence-corrected chi connectivity index (χ0v) is 23.3. The number of fused-ring (bicyclic) bond motifs is 1. The van der Waals surface area contributed by atoms with Gasteiger partial charge in [-0.1, -0.05) is 30.3 Å². The highest BCUT2D eigenvalue weighted by Gasteiger charge is 2.40. The second-order valence-corrected chi connectivity index (χ2v) is 12.4. The highest BCUT2D eigenvalue weighted by molar-refractivity contribution is 7.89. The van der Waals surface area contributed by atoms with Gasteiger partial charge in [-0.25, -0.2) is 8.42 Å². The first-order valence-corrected chi connectivity index (χ1v) is 14.1. The maximum absolute atomic E-state index is 13.6. The van der Waals surface area contributed by atoms with Crippen LogP contribution in [0.25, 0.3) is 0 Å². The molecule has 1 aliphatic heterocycles. The van der Waals surface area contributed by atoms with Crippen molar-refractivity contribution in [3.8, 4) is 0 Å². The molecule has 10 nitrogen and oxygen atoms in total. The van der Waals surface area contributed by atoms with Gasteiger partial charge >= 0.3 is 5.97 Å². The van der Waals surface area contributed by atoms with Crippen LogP contribution in [-0.4, -0.2) is 50.3 Å². The summed E-state index contributed by atoms with van der Waals surface area (Å²) in [5.41, 5.74) is 2.28. The second-order valence-electron chi connectivity index (χ2n) is 10.5. The van der Waals surface area contributed by atoms with Crippen LogP contribution in [-0.2, 0) is 45.7 Å². The topological polar surface area (TPSA) is 128 Å². The van der Waals surface area contributed by atoms with Crippen molar-refractivity contribution in [1.29, 1.82) is 0 Å². The molecule has 2 aromatic heterocycles. The minimum Gasteiger partial charge on any atom is -0.481 e. The number of carboxylic acid groups (broad SMARTS) is 1. The van der Waals surface area contributed by atoms with E-state index < -0.39 is 27.5 Å². The summed E-state index contributed by atoms with van der Waals surface area (Å²) in [5, 5.41) is 18.1. The highest BCUT2D eigenvalue weighted by Crippen LogP contribution is 2.39. The molecule has 0 radical (unpaired) electrons. The Labute approximate surface area is 223 Å². The molecule has 0 unspecified atom stereocenters. The van der Waals surface area contributed by atoms with Crippen molar-refractivity contribution in [2.45, 2.75) is 71.7 Å². The van der Waals surface area contributed by atoms with Gasteiger partial charge in [-0.2, -0.15) is 4.31 Å². The lowest BCUT2D eigenvalue weighted by atomic mass is 9.81. The minimum absolute atomic E-state index is 0.0861. The van der Waals surface area contributed by atoms with Gasteiger partial charge in [-0.15, -0.1) is 5.10 Å². The van der Waals surface area contributed by atoms with Crippen LogP contribution in [0, 0.1) is 18.3 Å². The first-order chi connectivity index (χ1) is 17.9. The molecular weight excluding hydrogens is 506 g/mol. The second kappa shape index (κ2) is 10.9. The van der Waals surface area contributed by atoms with Gasteiger partial charge in [0.2, 0.25) is 10.0 Å². The maximum atomic E-state index is 13.6. The molecular formula is C27H35N5O5S. The third-order valence-electron chi connectivity index (χ3n) is 7.06. The highest BCUT2D eigenvalue weighted by atomic mass is 32.2. The monoisotopic (exact) mass is 541 g/mol. The van der Waals surface area contributed by atoms with Crippen molar-refractivity contribution in [2.24, 2.45) is 11.3 Å². The van der Waals surface area contributed by atoms with Crippen molar-refractivity contribution < 1.29 is 23.1 Å². The molecule has 0 saturated carbocycles. The summed E-state index contributed by atoms with van der Waals surface area (Å²) < 4.78 is 36.6. The molecule has 1 aliphatic rings. The Morgan fingerprint density at radius 2 is 2.05 bits per heavy atom. The SMILES string of the molecule is CCn1cc(CO[C@@H](c2ccc(C)c(CN3C[C@@H](C)Cc4ncccc4S3(=O)=O)c2)C(C)(C)C(=O)O)nn1. The Kier molecular flexibility index (Phi) is 8.01. The number of carboxylic acids is 1. The molecule has 0 aliphatic carbocycles. The molecule has 0 amide bonds.